The fourth-order valence-electron chi connectivity index (χ4n) is 3.11. The molecule has 2 fully saturated rings. The number of β-lactam (4-membered cyclic amide) rings is 1. The molecule has 2 saturated heterocycles. The summed E-state index contributed by atoms with van der Waals surface area (Å²) in [4.78, 5) is 36.6. The van der Waals surface area contributed by atoms with E-state index in [1.165, 1.54) is 11.8 Å². The maximum Gasteiger partial charge on any atom is 1.00 e. The molecule has 3 rings (SSSR count). The van der Waals surface area contributed by atoms with Gasteiger partial charge in [-0.15, -0.1) is 0 Å². The first-order valence-electron chi connectivity index (χ1n) is 7.43. The molecule has 0 aromatic heterocycles. The van der Waals surface area contributed by atoms with Crippen molar-refractivity contribution < 1.29 is 56.9 Å². The third kappa shape index (κ3) is 3.86. The van der Waals surface area contributed by atoms with E-state index in [4.69, 9.17) is 0 Å². The maximum absolute atomic E-state index is 12.4. The molecule has 2 heterocycles. The molecule has 1 aromatic carbocycles. The second kappa shape index (κ2) is 7.53. The summed E-state index contributed by atoms with van der Waals surface area (Å²) in [7, 11) is -4.86. The second-order valence-corrected chi connectivity index (χ2v) is 7.03. The normalized spacial score (nSPS) is 21.4. The zero-order valence-electron chi connectivity index (χ0n) is 14.1. The monoisotopic (exact) mass is 390 g/mol. The van der Waals surface area contributed by atoms with Crippen molar-refractivity contribution in [3.63, 3.8) is 0 Å². The number of carbonyl (C=O) groups excluding carboxylic acids is 3. The van der Waals surface area contributed by atoms with Gasteiger partial charge in [0.05, 0.1) is 6.04 Å². The smallest absolute Gasteiger partial charge is 0.731 e. The van der Waals surface area contributed by atoms with Crippen molar-refractivity contribution in [1.82, 2.24) is 9.21 Å². The maximum atomic E-state index is 12.4. The van der Waals surface area contributed by atoms with Gasteiger partial charge < -0.3 is 20.1 Å². The molecule has 12 heteroatoms. The molecule has 0 unspecified atom stereocenters. The summed E-state index contributed by atoms with van der Waals surface area (Å²) in [6, 6.07) is 4.11. The van der Waals surface area contributed by atoms with E-state index < -0.39 is 34.3 Å². The second-order valence-electron chi connectivity index (χ2n) is 5.78. The van der Waals surface area contributed by atoms with Gasteiger partial charge in [-0.2, -0.15) is 0 Å². The van der Waals surface area contributed by atoms with Crippen molar-refractivity contribution in [3.8, 4) is 0 Å². The molecule has 0 radical (unpaired) electrons. The Bertz CT molecular complexity index is 861. The fourth-order valence-corrected chi connectivity index (χ4v) is 3.99. The Morgan fingerprint density at radius 1 is 1.23 bits per heavy atom. The first-order valence-corrected chi connectivity index (χ1v) is 8.79. The van der Waals surface area contributed by atoms with Crippen LogP contribution in [0.5, 0.6) is 0 Å². The quantitative estimate of drug-likeness (QED) is 0.319. The number of hydrogen-bond donors (Lipinski definition) is 2. The number of likely N-dealkylation sites (tertiary alicyclic amines) is 1. The first kappa shape index (κ1) is 20.6. The van der Waals surface area contributed by atoms with Gasteiger partial charge in [0, 0.05) is 24.8 Å². The largest absolute Gasteiger partial charge is 1.00 e. The van der Waals surface area contributed by atoms with Gasteiger partial charge in [-0.1, -0.05) is 6.07 Å². The molecule has 2 aliphatic rings. The minimum atomic E-state index is -4.86. The van der Waals surface area contributed by atoms with E-state index in [2.05, 4.69) is 10.6 Å². The Kier molecular flexibility index (Phi) is 5.98. The van der Waals surface area contributed by atoms with Crippen LogP contribution in [0.25, 0.3) is 0 Å². The summed E-state index contributed by atoms with van der Waals surface area (Å²) in [5, 5.41) is 5.17. The molecule has 2 N–H and O–H groups in total. The molecule has 0 saturated carbocycles. The summed E-state index contributed by atoms with van der Waals surface area (Å²) < 4.78 is 33.5. The molecule has 1 aromatic rings. The van der Waals surface area contributed by atoms with Crippen LogP contribution in [0.15, 0.2) is 24.3 Å². The number of anilines is 2. The summed E-state index contributed by atoms with van der Waals surface area (Å²) in [6.45, 7) is 1.51. The Balaban J connectivity index is 0.00000243. The third-order valence-electron chi connectivity index (χ3n) is 4.07. The number of hydrogen-bond acceptors (Lipinski definition) is 6. The number of urea groups is 1. The van der Waals surface area contributed by atoms with Crippen molar-refractivity contribution >= 4 is 39.5 Å². The number of nitrogens with one attached hydrogen (secondary N) is 2. The van der Waals surface area contributed by atoms with E-state index in [-0.39, 0.29) is 48.4 Å². The number of fused-ring (bicyclic) bond motifs is 1. The standard InChI is InChI=1S/C14H16N4O6S.Na/c1-8(19)15-9-3-2-4-10(7-9)16-14(21)17-6-5-11-12(17)13(20)18(11)25(22,23)24;/h2-4,7,11-12H,5-6H2,1H3,(H,15,19)(H,16,21)(H,22,23,24);/q;+1/p-1/t11-,12+;/m1./s1. The summed E-state index contributed by atoms with van der Waals surface area (Å²) in [6.07, 6.45) is 0.219. The molecule has 0 aliphatic carbocycles. The van der Waals surface area contributed by atoms with E-state index in [9.17, 15) is 27.4 Å². The zero-order chi connectivity index (χ0) is 18.4. The molecular weight excluding hydrogens is 375 g/mol. The van der Waals surface area contributed by atoms with Gasteiger partial charge in [-0.3, -0.25) is 9.59 Å². The number of amides is 4. The van der Waals surface area contributed by atoms with Gasteiger partial charge in [0.1, 0.15) is 6.04 Å². The minimum absolute atomic E-state index is 0. The molecule has 26 heavy (non-hydrogen) atoms. The van der Waals surface area contributed by atoms with Crippen LogP contribution in [0.3, 0.4) is 0 Å². The predicted octanol–water partition coefficient (Wildman–Crippen LogP) is -3.07. The van der Waals surface area contributed by atoms with Crippen LogP contribution in [0.4, 0.5) is 16.2 Å². The van der Waals surface area contributed by atoms with E-state index in [0.717, 1.165) is 0 Å². The van der Waals surface area contributed by atoms with Gasteiger partial charge in [0.2, 0.25) is 5.91 Å². The Morgan fingerprint density at radius 3 is 2.42 bits per heavy atom. The molecule has 4 amide bonds. The molecular formula is C14H15N4NaO6S. The molecule has 2 aliphatic heterocycles. The summed E-state index contributed by atoms with van der Waals surface area (Å²) in [5.41, 5.74) is 0.896. The Morgan fingerprint density at radius 2 is 1.85 bits per heavy atom. The van der Waals surface area contributed by atoms with E-state index in [1.807, 2.05) is 0 Å². The molecule has 0 bridgehead atoms. The van der Waals surface area contributed by atoms with Gasteiger partial charge in [-0.25, -0.2) is 17.5 Å². The van der Waals surface area contributed by atoms with Gasteiger partial charge >= 0.3 is 35.6 Å². The van der Waals surface area contributed by atoms with Crippen LogP contribution in [0.1, 0.15) is 13.3 Å². The van der Waals surface area contributed by atoms with Crippen LogP contribution in [0.2, 0.25) is 0 Å². The van der Waals surface area contributed by atoms with Crippen LogP contribution >= 0.6 is 0 Å². The van der Waals surface area contributed by atoms with Gasteiger partial charge in [-0.05, 0) is 24.6 Å². The van der Waals surface area contributed by atoms with Gasteiger partial charge in [0.25, 0.3) is 5.91 Å². The summed E-state index contributed by atoms with van der Waals surface area (Å²) >= 11 is 0. The number of benzene rings is 1. The molecule has 10 nitrogen and oxygen atoms in total. The number of rotatable bonds is 3. The van der Waals surface area contributed by atoms with Crippen LogP contribution in [-0.4, -0.2) is 58.6 Å². The van der Waals surface area contributed by atoms with E-state index in [1.54, 1.807) is 24.3 Å². The van der Waals surface area contributed by atoms with Crippen LogP contribution in [-0.2, 0) is 19.9 Å². The zero-order valence-corrected chi connectivity index (χ0v) is 16.9. The van der Waals surface area contributed by atoms with Crippen molar-refractivity contribution in [1.29, 1.82) is 0 Å². The third-order valence-corrected chi connectivity index (χ3v) is 5.01. The topological polar surface area (TPSA) is 139 Å². The van der Waals surface area contributed by atoms with E-state index in [0.29, 0.717) is 15.7 Å². The van der Waals surface area contributed by atoms with Crippen molar-refractivity contribution in [2.24, 2.45) is 0 Å². The SMILES string of the molecule is CC(=O)Nc1cccc(NC(=O)N2CC[C@@H]3[C@H]2C(=O)N3S(=O)(=O)[O-])c1.[Na+]. The van der Waals surface area contributed by atoms with E-state index >= 15 is 0 Å². The number of nitrogens with zero attached hydrogens (tertiary/aromatic N) is 2. The average Bonchev–Trinajstić information content (AvgIpc) is 2.84. The fraction of sp³-hybridized carbons (Fsp3) is 0.357. The average molecular weight is 390 g/mol. The van der Waals surface area contributed by atoms with Crippen molar-refractivity contribution in [2.45, 2.75) is 25.4 Å². The predicted molar refractivity (Wildman–Crippen MR) is 85.2 cm³/mol. The Labute approximate surface area is 172 Å². The Hall–Kier alpha value is -1.66. The molecule has 134 valence electrons. The summed E-state index contributed by atoms with van der Waals surface area (Å²) in [5.74, 6) is -1.15. The number of carbonyl (C=O) groups is 3. The van der Waals surface area contributed by atoms with Crippen LogP contribution in [0, 0.1) is 0 Å². The molecule has 2 atom stereocenters. The van der Waals surface area contributed by atoms with Crippen molar-refractivity contribution in [3.05, 3.63) is 24.3 Å². The first-order chi connectivity index (χ1) is 11.7. The van der Waals surface area contributed by atoms with Gasteiger partial charge in [0.15, 0.2) is 10.3 Å². The van der Waals surface area contributed by atoms with Crippen molar-refractivity contribution in [2.75, 3.05) is 17.2 Å². The van der Waals surface area contributed by atoms with Crippen LogP contribution < -0.4 is 40.2 Å². The molecule has 0 spiro atoms. The minimum Gasteiger partial charge on any atom is -0.731 e.